The molecule has 0 spiro atoms. The van der Waals surface area contributed by atoms with E-state index in [-0.39, 0.29) is 17.7 Å². The van der Waals surface area contributed by atoms with Crippen LogP contribution in [-0.2, 0) is 9.59 Å². The number of rotatable bonds is 7. The second-order valence-corrected chi connectivity index (χ2v) is 7.90. The number of Topliss-reactive ketones (excluding diaryl/α,β-unsaturated/α-hetero) is 1. The summed E-state index contributed by atoms with van der Waals surface area (Å²) >= 11 is 0. The summed E-state index contributed by atoms with van der Waals surface area (Å²) in [6, 6.07) is 12.9. The van der Waals surface area contributed by atoms with Gasteiger partial charge in [0, 0.05) is 13.0 Å². The van der Waals surface area contributed by atoms with Gasteiger partial charge in [0.15, 0.2) is 5.78 Å². The molecule has 7 heteroatoms. The van der Waals surface area contributed by atoms with Gasteiger partial charge < -0.3 is 9.73 Å². The van der Waals surface area contributed by atoms with E-state index in [4.69, 9.17) is 4.42 Å². The number of benzene rings is 1. The SMILES string of the molecule is CC(=O)C1CC(C(=O)NCC(c2ccco2)N2CCCCC2)=NN1c1ccccc1. The molecule has 1 N–H and O–H groups in total. The van der Waals surface area contributed by atoms with Crippen molar-refractivity contribution in [1.82, 2.24) is 10.2 Å². The van der Waals surface area contributed by atoms with Crippen molar-refractivity contribution in [3.63, 3.8) is 0 Å². The van der Waals surface area contributed by atoms with Gasteiger partial charge in [0.05, 0.1) is 18.0 Å². The molecule has 1 aromatic carbocycles. The van der Waals surface area contributed by atoms with E-state index in [2.05, 4.69) is 15.3 Å². The highest BCUT2D eigenvalue weighted by Gasteiger charge is 2.34. The Morgan fingerprint density at radius 1 is 1.13 bits per heavy atom. The van der Waals surface area contributed by atoms with Gasteiger partial charge in [0.25, 0.3) is 5.91 Å². The van der Waals surface area contributed by atoms with Gasteiger partial charge in [-0.3, -0.25) is 19.5 Å². The third-order valence-electron chi connectivity index (χ3n) is 5.82. The molecule has 1 saturated heterocycles. The van der Waals surface area contributed by atoms with Crippen LogP contribution in [0.25, 0.3) is 0 Å². The number of carbonyl (C=O) groups is 2. The number of carbonyl (C=O) groups excluding carboxylic acids is 2. The number of nitrogens with one attached hydrogen (secondary N) is 1. The number of ketones is 1. The van der Waals surface area contributed by atoms with E-state index in [1.54, 1.807) is 18.2 Å². The summed E-state index contributed by atoms with van der Waals surface area (Å²) in [6.07, 6.45) is 5.54. The summed E-state index contributed by atoms with van der Waals surface area (Å²) in [6.45, 7) is 3.98. The second kappa shape index (κ2) is 9.26. The van der Waals surface area contributed by atoms with E-state index in [0.717, 1.165) is 37.4 Å². The predicted molar refractivity (Wildman–Crippen MR) is 115 cm³/mol. The smallest absolute Gasteiger partial charge is 0.267 e. The van der Waals surface area contributed by atoms with Crippen LogP contribution in [0.1, 0.15) is 44.4 Å². The van der Waals surface area contributed by atoms with Crippen LogP contribution in [0.5, 0.6) is 0 Å². The molecule has 2 aliphatic rings. The van der Waals surface area contributed by atoms with Gasteiger partial charge >= 0.3 is 0 Å². The molecule has 30 heavy (non-hydrogen) atoms. The molecule has 0 aliphatic carbocycles. The second-order valence-electron chi connectivity index (χ2n) is 7.90. The normalized spacial score (nSPS) is 20.6. The van der Waals surface area contributed by atoms with Gasteiger partial charge in [0.1, 0.15) is 17.5 Å². The van der Waals surface area contributed by atoms with Gasteiger partial charge in [-0.25, -0.2) is 0 Å². The van der Waals surface area contributed by atoms with Gasteiger partial charge in [-0.1, -0.05) is 24.6 Å². The zero-order valence-corrected chi connectivity index (χ0v) is 17.3. The zero-order valence-electron chi connectivity index (χ0n) is 17.3. The minimum Gasteiger partial charge on any atom is -0.468 e. The summed E-state index contributed by atoms with van der Waals surface area (Å²) in [5.74, 6) is 0.624. The molecular weight excluding hydrogens is 380 g/mol. The first kappa shape index (κ1) is 20.3. The number of amides is 1. The van der Waals surface area contributed by atoms with E-state index in [9.17, 15) is 9.59 Å². The Bertz CT molecular complexity index is 888. The Morgan fingerprint density at radius 3 is 2.57 bits per heavy atom. The largest absolute Gasteiger partial charge is 0.468 e. The summed E-state index contributed by atoms with van der Waals surface area (Å²) in [5, 5.41) is 9.19. The first-order valence-electron chi connectivity index (χ1n) is 10.6. The van der Waals surface area contributed by atoms with Gasteiger partial charge in [-0.15, -0.1) is 0 Å². The number of anilines is 1. The van der Waals surface area contributed by atoms with Crippen LogP contribution in [0, 0.1) is 0 Å². The molecule has 0 saturated carbocycles. The summed E-state index contributed by atoms with van der Waals surface area (Å²) in [7, 11) is 0. The van der Waals surface area contributed by atoms with E-state index in [0.29, 0.717) is 18.7 Å². The molecule has 3 heterocycles. The Morgan fingerprint density at radius 2 is 1.90 bits per heavy atom. The van der Waals surface area contributed by atoms with Gasteiger partial charge in [-0.2, -0.15) is 5.10 Å². The lowest BCUT2D eigenvalue weighted by Gasteiger charge is -2.33. The molecule has 7 nitrogen and oxygen atoms in total. The Labute approximate surface area is 176 Å². The third kappa shape index (κ3) is 4.46. The molecule has 0 bridgehead atoms. The van der Waals surface area contributed by atoms with Crippen molar-refractivity contribution in [1.29, 1.82) is 0 Å². The topological polar surface area (TPSA) is 78.1 Å². The Hall–Kier alpha value is -2.93. The lowest BCUT2D eigenvalue weighted by Crippen LogP contribution is -2.42. The molecule has 2 aromatic rings. The fourth-order valence-electron chi connectivity index (χ4n) is 4.19. The van der Waals surface area contributed by atoms with Crippen molar-refractivity contribution in [2.24, 2.45) is 5.10 Å². The highest BCUT2D eigenvalue weighted by atomic mass is 16.3. The highest BCUT2D eigenvalue weighted by Crippen LogP contribution is 2.26. The summed E-state index contributed by atoms with van der Waals surface area (Å²) in [5.41, 5.74) is 1.19. The molecule has 1 amide bonds. The molecule has 1 aromatic heterocycles. The number of nitrogens with zero attached hydrogens (tertiary/aromatic N) is 3. The minimum absolute atomic E-state index is 0.0000773. The standard InChI is InChI=1S/C23H28N4O3/c1-17(28)20-15-19(25-27(20)18-9-4-2-5-10-18)23(29)24-16-21(22-11-8-14-30-22)26-12-6-3-7-13-26/h2,4-5,8-11,14,20-21H,3,6-7,12-13,15-16H2,1H3,(H,24,29). The number of furan rings is 1. The van der Waals surface area contributed by atoms with E-state index in [1.807, 2.05) is 42.5 Å². The predicted octanol–water partition coefficient (Wildman–Crippen LogP) is 3.15. The van der Waals surface area contributed by atoms with Crippen molar-refractivity contribution in [2.75, 3.05) is 24.6 Å². The van der Waals surface area contributed by atoms with Crippen LogP contribution < -0.4 is 10.3 Å². The van der Waals surface area contributed by atoms with Crippen LogP contribution in [0.4, 0.5) is 5.69 Å². The minimum atomic E-state index is -0.448. The average Bonchev–Trinajstić information content (AvgIpc) is 3.46. The highest BCUT2D eigenvalue weighted by molar-refractivity contribution is 6.40. The number of hydrogen-bond acceptors (Lipinski definition) is 6. The van der Waals surface area contributed by atoms with Crippen LogP contribution in [0.15, 0.2) is 58.2 Å². The first-order chi connectivity index (χ1) is 14.6. The Balaban J connectivity index is 1.46. The molecule has 4 rings (SSSR count). The monoisotopic (exact) mass is 408 g/mol. The summed E-state index contributed by atoms with van der Waals surface area (Å²) < 4.78 is 5.65. The molecule has 2 unspecified atom stereocenters. The van der Waals surface area contributed by atoms with Crippen molar-refractivity contribution in [2.45, 2.75) is 44.7 Å². The van der Waals surface area contributed by atoms with Gasteiger partial charge in [-0.05, 0) is 57.1 Å². The van der Waals surface area contributed by atoms with Crippen molar-refractivity contribution in [3.05, 3.63) is 54.5 Å². The van der Waals surface area contributed by atoms with Crippen molar-refractivity contribution < 1.29 is 14.0 Å². The number of para-hydroxylation sites is 1. The molecule has 158 valence electrons. The average molecular weight is 409 g/mol. The molecule has 2 atom stereocenters. The van der Waals surface area contributed by atoms with E-state index < -0.39 is 6.04 Å². The zero-order chi connectivity index (χ0) is 20.9. The van der Waals surface area contributed by atoms with E-state index >= 15 is 0 Å². The van der Waals surface area contributed by atoms with E-state index in [1.165, 1.54) is 6.42 Å². The lowest BCUT2D eigenvalue weighted by atomic mass is 10.1. The maximum absolute atomic E-state index is 12.9. The third-order valence-corrected chi connectivity index (χ3v) is 5.82. The Kier molecular flexibility index (Phi) is 6.28. The molecule has 2 aliphatic heterocycles. The number of likely N-dealkylation sites (tertiary alicyclic amines) is 1. The van der Waals surface area contributed by atoms with Crippen LogP contribution >= 0.6 is 0 Å². The molecule has 1 fully saturated rings. The number of hydrazone groups is 1. The fourth-order valence-corrected chi connectivity index (χ4v) is 4.19. The van der Waals surface area contributed by atoms with Crippen LogP contribution in [-0.4, -0.2) is 48.0 Å². The first-order valence-corrected chi connectivity index (χ1v) is 10.6. The van der Waals surface area contributed by atoms with Crippen molar-refractivity contribution >= 4 is 23.1 Å². The number of hydrogen-bond donors (Lipinski definition) is 1. The maximum atomic E-state index is 12.9. The molecular formula is C23H28N4O3. The molecule has 0 radical (unpaired) electrons. The number of piperidine rings is 1. The summed E-state index contributed by atoms with van der Waals surface area (Å²) in [4.78, 5) is 27.4. The lowest BCUT2D eigenvalue weighted by molar-refractivity contribution is -0.118. The van der Waals surface area contributed by atoms with Gasteiger partial charge in [0.2, 0.25) is 0 Å². The van der Waals surface area contributed by atoms with Crippen LogP contribution in [0.2, 0.25) is 0 Å². The fraction of sp³-hybridized carbons (Fsp3) is 0.435. The quantitative estimate of drug-likeness (QED) is 0.762. The van der Waals surface area contributed by atoms with Crippen molar-refractivity contribution in [3.8, 4) is 0 Å². The maximum Gasteiger partial charge on any atom is 0.267 e. The van der Waals surface area contributed by atoms with Crippen LogP contribution in [0.3, 0.4) is 0 Å².